The molecule has 0 bridgehead atoms. The van der Waals surface area contributed by atoms with Crippen LogP contribution in [-0.2, 0) is 4.74 Å². The standard InChI is InChI=1S/C9H17NO/c1-11-8-7-10-9-5-3-2-4-6-9/h5,10H,2-4,6-8H2,1H3. The number of rotatable bonds is 4. The highest BCUT2D eigenvalue weighted by Gasteiger charge is 2.01. The summed E-state index contributed by atoms with van der Waals surface area (Å²) < 4.78 is 4.94. The fourth-order valence-corrected chi connectivity index (χ4v) is 1.31. The number of hydrogen-bond acceptors (Lipinski definition) is 2. The summed E-state index contributed by atoms with van der Waals surface area (Å²) in [5, 5.41) is 3.36. The molecular weight excluding hydrogens is 138 g/mol. The van der Waals surface area contributed by atoms with E-state index in [0.29, 0.717) is 0 Å². The Labute approximate surface area is 68.6 Å². The number of ether oxygens (including phenoxy) is 1. The van der Waals surface area contributed by atoms with E-state index in [2.05, 4.69) is 11.4 Å². The second kappa shape index (κ2) is 5.19. The highest BCUT2D eigenvalue weighted by Crippen LogP contribution is 2.14. The van der Waals surface area contributed by atoms with Gasteiger partial charge in [0.1, 0.15) is 0 Å². The van der Waals surface area contributed by atoms with Crippen LogP contribution in [0.3, 0.4) is 0 Å². The fourth-order valence-electron chi connectivity index (χ4n) is 1.31. The van der Waals surface area contributed by atoms with Crippen molar-refractivity contribution in [3.8, 4) is 0 Å². The normalized spacial score (nSPS) is 17.7. The summed E-state index contributed by atoms with van der Waals surface area (Å²) in [5.74, 6) is 0. The third-order valence-electron chi connectivity index (χ3n) is 1.95. The molecule has 1 aliphatic carbocycles. The number of allylic oxidation sites excluding steroid dienone is 2. The summed E-state index contributed by atoms with van der Waals surface area (Å²) in [4.78, 5) is 0. The van der Waals surface area contributed by atoms with Crippen molar-refractivity contribution in [2.45, 2.75) is 25.7 Å². The Morgan fingerprint density at radius 2 is 2.45 bits per heavy atom. The Morgan fingerprint density at radius 3 is 3.09 bits per heavy atom. The molecule has 1 N–H and O–H groups in total. The Balaban J connectivity index is 2.09. The van der Waals surface area contributed by atoms with Gasteiger partial charge in [-0.15, -0.1) is 0 Å². The van der Waals surface area contributed by atoms with Gasteiger partial charge < -0.3 is 10.1 Å². The third-order valence-corrected chi connectivity index (χ3v) is 1.95. The lowest BCUT2D eigenvalue weighted by atomic mass is 10.1. The maximum atomic E-state index is 4.94. The van der Waals surface area contributed by atoms with Gasteiger partial charge in [0.2, 0.25) is 0 Å². The van der Waals surface area contributed by atoms with Crippen LogP contribution in [0.1, 0.15) is 25.7 Å². The summed E-state index contributed by atoms with van der Waals surface area (Å²) in [6, 6.07) is 0. The summed E-state index contributed by atoms with van der Waals surface area (Å²) in [6.07, 6.45) is 7.47. The lowest BCUT2D eigenvalue weighted by Crippen LogP contribution is -2.19. The maximum Gasteiger partial charge on any atom is 0.0635 e. The van der Waals surface area contributed by atoms with Gasteiger partial charge in [0, 0.05) is 19.4 Å². The van der Waals surface area contributed by atoms with Crippen LogP contribution in [0.15, 0.2) is 11.8 Å². The first-order valence-electron chi connectivity index (χ1n) is 4.35. The van der Waals surface area contributed by atoms with Crippen LogP contribution in [0.25, 0.3) is 0 Å². The first kappa shape index (κ1) is 8.60. The maximum absolute atomic E-state index is 4.94. The Hall–Kier alpha value is -0.500. The molecule has 0 saturated carbocycles. The summed E-state index contributed by atoms with van der Waals surface area (Å²) in [5.41, 5.74) is 1.41. The van der Waals surface area contributed by atoms with E-state index in [1.807, 2.05) is 0 Å². The van der Waals surface area contributed by atoms with Crippen molar-refractivity contribution < 1.29 is 4.74 Å². The smallest absolute Gasteiger partial charge is 0.0635 e. The van der Waals surface area contributed by atoms with Crippen molar-refractivity contribution in [3.63, 3.8) is 0 Å². The van der Waals surface area contributed by atoms with Crippen LogP contribution >= 0.6 is 0 Å². The van der Waals surface area contributed by atoms with E-state index in [9.17, 15) is 0 Å². The Kier molecular flexibility index (Phi) is 4.06. The van der Waals surface area contributed by atoms with Crippen LogP contribution in [0.5, 0.6) is 0 Å². The molecule has 1 aliphatic rings. The molecule has 0 heterocycles. The highest BCUT2D eigenvalue weighted by molar-refractivity contribution is 5.02. The summed E-state index contributed by atoms with van der Waals surface area (Å²) in [7, 11) is 1.73. The fraction of sp³-hybridized carbons (Fsp3) is 0.778. The zero-order valence-electron chi connectivity index (χ0n) is 7.23. The molecule has 0 spiro atoms. The Bertz CT molecular complexity index is 132. The minimum Gasteiger partial charge on any atom is -0.386 e. The average Bonchev–Trinajstić information content (AvgIpc) is 2.07. The summed E-state index contributed by atoms with van der Waals surface area (Å²) in [6.45, 7) is 1.75. The van der Waals surface area contributed by atoms with Gasteiger partial charge in [-0.05, 0) is 25.7 Å². The lowest BCUT2D eigenvalue weighted by Gasteiger charge is -2.14. The lowest BCUT2D eigenvalue weighted by molar-refractivity contribution is 0.201. The van der Waals surface area contributed by atoms with E-state index >= 15 is 0 Å². The molecule has 0 atom stereocenters. The Morgan fingerprint density at radius 1 is 1.55 bits per heavy atom. The number of nitrogens with one attached hydrogen (secondary N) is 1. The van der Waals surface area contributed by atoms with Gasteiger partial charge in [0.15, 0.2) is 0 Å². The summed E-state index contributed by atoms with van der Waals surface area (Å²) >= 11 is 0. The van der Waals surface area contributed by atoms with Crippen LogP contribution in [0.2, 0.25) is 0 Å². The molecule has 0 unspecified atom stereocenters. The molecule has 0 aliphatic heterocycles. The molecule has 2 nitrogen and oxygen atoms in total. The van der Waals surface area contributed by atoms with Gasteiger partial charge in [-0.1, -0.05) is 6.08 Å². The van der Waals surface area contributed by atoms with Gasteiger partial charge in [0.25, 0.3) is 0 Å². The van der Waals surface area contributed by atoms with Crippen molar-refractivity contribution >= 4 is 0 Å². The van der Waals surface area contributed by atoms with E-state index in [1.165, 1.54) is 31.4 Å². The van der Waals surface area contributed by atoms with E-state index in [0.717, 1.165) is 13.2 Å². The molecule has 0 aromatic rings. The van der Waals surface area contributed by atoms with Crippen LogP contribution < -0.4 is 5.32 Å². The quantitative estimate of drug-likeness (QED) is 0.624. The minimum atomic E-state index is 0.803. The van der Waals surface area contributed by atoms with E-state index in [1.54, 1.807) is 7.11 Å². The van der Waals surface area contributed by atoms with Crippen LogP contribution in [0.4, 0.5) is 0 Å². The molecule has 1 rings (SSSR count). The number of hydrogen-bond donors (Lipinski definition) is 1. The molecule has 11 heavy (non-hydrogen) atoms. The molecule has 0 radical (unpaired) electrons. The zero-order chi connectivity index (χ0) is 7.94. The third kappa shape index (κ3) is 3.42. The van der Waals surface area contributed by atoms with Crippen LogP contribution in [-0.4, -0.2) is 20.3 Å². The first-order valence-corrected chi connectivity index (χ1v) is 4.35. The van der Waals surface area contributed by atoms with Crippen LogP contribution in [0, 0.1) is 0 Å². The molecular formula is C9H17NO. The monoisotopic (exact) mass is 155 g/mol. The minimum absolute atomic E-state index is 0.803. The predicted molar refractivity (Wildman–Crippen MR) is 46.4 cm³/mol. The van der Waals surface area contributed by atoms with Gasteiger partial charge in [-0.25, -0.2) is 0 Å². The van der Waals surface area contributed by atoms with Gasteiger partial charge >= 0.3 is 0 Å². The highest BCUT2D eigenvalue weighted by atomic mass is 16.5. The van der Waals surface area contributed by atoms with Crippen molar-refractivity contribution in [1.29, 1.82) is 0 Å². The molecule has 64 valence electrons. The largest absolute Gasteiger partial charge is 0.386 e. The first-order chi connectivity index (χ1) is 5.43. The van der Waals surface area contributed by atoms with Gasteiger partial charge in [0.05, 0.1) is 6.61 Å². The van der Waals surface area contributed by atoms with Crippen molar-refractivity contribution in [2.24, 2.45) is 0 Å². The average molecular weight is 155 g/mol. The second-order valence-corrected chi connectivity index (χ2v) is 2.89. The SMILES string of the molecule is COCCNC1=CCCCC1. The molecule has 0 saturated heterocycles. The van der Waals surface area contributed by atoms with E-state index in [-0.39, 0.29) is 0 Å². The topological polar surface area (TPSA) is 21.3 Å². The van der Waals surface area contributed by atoms with Crippen molar-refractivity contribution in [3.05, 3.63) is 11.8 Å². The number of methoxy groups -OCH3 is 1. The van der Waals surface area contributed by atoms with Gasteiger partial charge in [-0.2, -0.15) is 0 Å². The molecule has 0 amide bonds. The second-order valence-electron chi connectivity index (χ2n) is 2.89. The van der Waals surface area contributed by atoms with E-state index < -0.39 is 0 Å². The molecule has 0 aromatic heterocycles. The molecule has 2 heteroatoms. The van der Waals surface area contributed by atoms with Crippen molar-refractivity contribution in [2.75, 3.05) is 20.3 Å². The van der Waals surface area contributed by atoms with Gasteiger partial charge in [-0.3, -0.25) is 0 Å². The predicted octanol–water partition coefficient (Wildman–Crippen LogP) is 1.68. The van der Waals surface area contributed by atoms with Crippen molar-refractivity contribution in [1.82, 2.24) is 5.32 Å². The van der Waals surface area contributed by atoms with E-state index in [4.69, 9.17) is 4.74 Å². The zero-order valence-corrected chi connectivity index (χ0v) is 7.23. The molecule has 0 fully saturated rings. The molecule has 0 aromatic carbocycles.